The van der Waals surface area contributed by atoms with E-state index < -0.39 is 5.91 Å². The van der Waals surface area contributed by atoms with E-state index in [0.717, 1.165) is 0 Å². The fourth-order valence-corrected chi connectivity index (χ4v) is 4.03. The van der Waals surface area contributed by atoms with Crippen molar-refractivity contribution in [1.29, 1.82) is 5.41 Å². The van der Waals surface area contributed by atoms with Crippen molar-refractivity contribution < 1.29 is 9.53 Å². The molecule has 1 saturated heterocycles. The molecule has 1 aromatic heterocycles. The van der Waals surface area contributed by atoms with Crippen LogP contribution in [0.2, 0.25) is 0 Å². The Balaban J connectivity index is 1.68. The van der Waals surface area contributed by atoms with E-state index in [0.29, 0.717) is 59.4 Å². The maximum absolute atomic E-state index is 12.0. The number of carbonyl (C=O) groups is 1. The molecule has 11 heteroatoms. The summed E-state index contributed by atoms with van der Waals surface area (Å²) in [7, 11) is 2.03. The second-order valence-corrected chi connectivity index (χ2v) is 8.17. The molecule has 1 amide bonds. The molecule has 0 aliphatic carbocycles. The van der Waals surface area contributed by atoms with Gasteiger partial charge in [0.25, 0.3) is 5.91 Å². The Hall–Kier alpha value is -3.73. The molecule has 3 heterocycles. The van der Waals surface area contributed by atoms with Gasteiger partial charge in [-0.25, -0.2) is 4.98 Å². The van der Waals surface area contributed by atoms with E-state index in [9.17, 15) is 4.79 Å². The summed E-state index contributed by atoms with van der Waals surface area (Å²) in [6.45, 7) is 4.62. The van der Waals surface area contributed by atoms with Gasteiger partial charge in [0.15, 0.2) is 5.75 Å². The number of amides is 1. The fraction of sp³-hybridized carbons (Fsp3) is 0.381. The lowest BCUT2D eigenvalue weighted by Gasteiger charge is -2.16. The maximum atomic E-state index is 12.0. The highest BCUT2D eigenvalue weighted by Gasteiger charge is 2.46. The molecule has 4 rings (SSSR count). The summed E-state index contributed by atoms with van der Waals surface area (Å²) in [6.07, 6.45) is 1.90. The van der Waals surface area contributed by atoms with Crippen molar-refractivity contribution in [3.05, 3.63) is 35.5 Å². The molecule has 0 saturated carbocycles. The molecule has 0 spiro atoms. The van der Waals surface area contributed by atoms with Gasteiger partial charge in [0, 0.05) is 24.2 Å². The number of likely N-dealkylation sites (N-methyl/N-ethyl adjacent to an activating group) is 1. The van der Waals surface area contributed by atoms with E-state index in [4.69, 9.17) is 21.7 Å². The fourth-order valence-electron chi connectivity index (χ4n) is 4.03. The molecule has 168 valence electrons. The zero-order valence-electron chi connectivity index (χ0n) is 18.2. The molecule has 3 unspecified atom stereocenters. The molecule has 2 aliphatic rings. The van der Waals surface area contributed by atoms with Crippen LogP contribution in [0.5, 0.6) is 5.75 Å². The van der Waals surface area contributed by atoms with Crippen LogP contribution < -0.4 is 26.9 Å². The van der Waals surface area contributed by atoms with Crippen LogP contribution in [0.15, 0.2) is 29.5 Å². The van der Waals surface area contributed by atoms with Crippen molar-refractivity contribution in [2.24, 2.45) is 22.6 Å². The Kier molecular flexibility index (Phi) is 5.66. The van der Waals surface area contributed by atoms with Crippen LogP contribution >= 0.6 is 0 Å². The number of hydrogen-bond donors (Lipinski definition) is 5. The topological polar surface area (TPSA) is 167 Å². The summed E-state index contributed by atoms with van der Waals surface area (Å²) in [5, 5.41) is 18.4. The number of aromatic nitrogens is 2. The first kappa shape index (κ1) is 21.5. The van der Waals surface area contributed by atoms with Gasteiger partial charge in [-0.3, -0.25) is 9.69 Å². The highest BCUT2D eigenvalue weighted by Crippen LogP contribution is 2.35. The number of para-hydroxylation sites is 1. The molecule has 2 aliphatic heterocycles. The summed E-state index contributed by atoms with van der Waals surface area (Å²) in [4.78, 5) is 23.0. The van der Waals surface area contributed by atoms with E-state index in [1.807, 2.05) is 7.05 Å². The van der Waals surface area contributed by atoms with Crippen molar-refractivity contribution in [2.45, 2.75) is 32.5 Å². The molecule has 1 aromatic carbocycles. The van der Waals surface area contributed by atoms with E-state index in [-0.39, 0.29) is 17.5 Å². The van der Waals surface area contributed by atoms with Crippen LogP contribution in [0, 0.1) is 11.3 Å². The van der Waals surface area contributed by atoms with Gasteiger partial charge >= 0.3 is 0 Å². The normalized spacial score (nSPS) is 23.3. The van der Waals surface area contributed by atoms with Crippen LogP contribution in [0.1, 0.15) is 36.2 Å². The lowest BCUT2D eigenvalue weighted by molar-refractivity contribution is 0.100. The van der Waals surface area contributed by atoms with Gasteiger partial charge in [-0.1, -0.05) is 19.9 Å². The number of nitrogens with zero attached hydrogens (tertiary/aromatic N) is 4. The largest absolute Gasteiger partial charge is 0.490 e. The number of hydrogen-bond acceptors (Lipinski definition) is 10. The van der Waals surface area contributed by atoms with Gasteiger partial charge in [0.1, 0.15) is 17.1 Å². The van der Waals surface area contributed by atoms with Gasteiger partial charge in [-0.05, 0) is 25.1 Å². The first-order chi connectivity index (χ1) is 15.3. The van der Waals surface area contributed by atoms with E-state index in [2.05, 4.69) is 44.5 Å². The smallest absolute Gasteiger partial charge is 0.254 e. The SMILES string of the molecule is CC(C)C1C(Nc2ncc(C(N)=O)c(Nc3cccc4c3OCCC(=N)/C4=N\N)n2)N1C. The molecule has 0 bridgehead atoms. The summed E-state index contributed by atoms with van der Waals surface area (Å²) in [5.41, 5.74) is 7.50. The molecular weight excluding hydrogens is 410 g/mol. The van der Waals surface area contributed by atoms with Crippen LogP contribution in [0.3, 0.4) is 0 Å². The first-order valence-corrected chi connectivity index (χ1v) is 10.4. The lowest BCUT2D eigenvalue weighted by atomic mass is 10.0. The summed E-state index contributed by atoms with van der Waals surface area (Å²) in [6, 6.07) is 5.73. The van der Waals surface area contributed by atoms with Crippen molar-refractivity contribution in [1.82, 2.24) is 14.9 Å². The van der Waals surface area contributed by atoms with E-state index in [1.54, 1.807) is 18.2 Å². The van der Waals surface area contributed by atoms with Crippen LogP contribution in [0.25, 0.3) is 0 Å². The monoisotopic (exact) mass is 437 g/mol. The highest BCUT2D eigenvalue weighted by molar-refractivity contribution is 6.48. The highest BCUT2D eigenvalue weighted by atomic mass is 16.5. The minimum absolute atomic E-state index is 0.118. The number of anilines is 3. The van der Waals surface area contributed by atoms with Gasteiger partial charge in [0.2, 0.25) is 5.95 Å². The minimum atomic E-state index is -0.656. The second-order valence-electron chi connectivity index (χ2n) is 8.17. The van der Waals surface area contributed by atoms with Gasteiger partial charge in [0.05, 0.1) is 24.2 Å². The Bertz CT molecular complexity index is 1100. The average Bonchev–Trinajstić information content (AvgIpc) is 3.42. The third-order valence-corrected chi connectivity index (χ3v) is 5.69. The van der Waals surface area contributed by atoms with Gasteiger partial charge < -0.3 is 32.4 Å². The molecule has 1 fully saturated rings. The number of fused-ring (bicyclic) bond motifs is 1. The van der Waals surface area contributed by atoms with Crippen molar-refractivity contribution in [2.75, 3.05) is 24.3 Å². The molecule has 2 aromatic rings. The first-order valence-electron chi connectivity index (χ1n) is 10.4. The maximum Gasteiger partial charge on any atom is 0.254 e. The molecule has 11 nitrogen and oxygen atoms in total. The summed E-state index contributed by atoms with van der Waals surface area (Å²) in [5.74, 6) is 6.47. The minimum Gasteiger partial charge on any atom is -0.490 e. The quantitative estimate of drug-likeness (QED) is 0.257. The molecule has 3 atom stereocenters. The number of carbonyl (C=O) groups excluding carboxylic acids is 1. The Morgan fingerprint density at radius 3 is 2.84 bits per heavy atom. The van der Waals surface area contributed by atoms with Crippen LogP contribution in [-0.4, -0.2) is 58.1 Å². The van der Waals surface area contributed by atoms with Gasteiger partial charge in [-0.15, -0.1) is 0 Å². The lowest BCUT2D eigenvalue weighted by Crippen LogP contribution is -2.18. The Morgan fingerprint density at radius 2 is 2.19 bits per heavy atom. The number of hydrazone groups is 1. The third kappa shape index (κ3) is 3.94. The predicted molar refractivity (Wildman–Crippen MR) is 123 cm³/mol. The number of nitrogens with two attached hydrogens (primary N) is 2. The zero-order chi connectivity index (χ0) is 23.0. The van der Waals surface area contributed by atoms with Crippen LogP contribution in [-0.2, 0) is 0 Å². The Morgan fingerprint density at radius 1 is 1.41 bits per heavy atom. The Labute approximate surface area is 185 Å². The summed E-state index contributed by atoms with van der Waals surface area (Å²) >= 11 is 0. The number of ether oxygens (including phenoxy) is 1. The molecular formula is C21H27N9O2. The number of nitrogens with one attached hydrogen (secondary N) is 3. The number of primary amides is 1. The summed E-state index contributed by atoms with van der Waals surface area (Å²) < 4.78 is 5.89. The predicted octanol–water partition coefficient (Wildman–Crippen LogP) is 1.49. The van der Waals surface area contributed by atoms with Crippen LogP contribution in [0.4, 0.5) is 17.5 Å². The van der Waals surface area contributed by atoms with E-state index in [1.165, 1.54) is 6.20 Å². The van der Waals surface area contributed by atoms with Gasteiger partial charge in [-0.2, -0.15) is 10.1 Å². The standard InChI is InChI=1S/C21H27N9O2/c1-10(2)16-20(30(16)3)28-21-25-9-12(18(23)31)19(27-21)26-14-6-4-5-11-15(29-24)13(22)7-8-32-17(11)14/h4-6,9-10,16,20,22H,7-8,24H2,1-3H3,(H2,23,31)(H2,25,26,27,28)/b22-13?,29-15-. The zero-order valence-corrected chi connectivity index (χ0v) is 18.2. The van der Waals surface area contributed by atoms with E-state index >= 15 is 0 Å². The molecule has 7 N–H and O–H groups in total. The van der Waals surface area contributed by atoms with Crippen molar-refractivity contribution >= 4 is 34.8 Å². The average molecular weight is 438 g/mol. The van der Waals surface area contributed by atoms with Crippen molar-refractivity contribution in [3.63, 3.8) is 0 Å². The number of benzene rings is 1. The number of rotatable bonds is 6. The van der Waals surface area contributed by atoms with Crippen molar-refractivity contribution in [3.8, 4) is 5.75 Å². The third-order valence-electron chi connectivity index (χ3n) is 5.69. The second kappa shape index (κ2) is 8.42. The molecule has 0 radical (unpaired) electrons. The molecule has 32 heavy (non-hydrogen) atoms.